The monoisotopic (exact) mass is 543 g/mol. The first-order valence-electron chi connectivity index (χ1n) is 12.7. The van der Waals surface area contributed by atoms with Crippen LogP contribution in [-0.4, -0.2) is 45.7 Å². The number of aliphatic imine (C=N–C) groups is 1. The number of rotatable bonds is 9. The molecule has 1 heterocycles. The highest BCUT2D eigenvalue weighted by Crippen LogP contribution is 2.45. The molecule has 7 nitrogen and oxygen atoms in total. The fourth-order valence-electron chi connectivity index (χ4n) is 5.35. The molecule has 2 aromatic carbocycles. The van der Waals surface area contributed by atoms with Gasteiger partial charge in [0.15, 0.2) is 0 Å². The van der Waals surface area contributed by atoms with Gasteiger partial charge in [0, 0.05) is 27.7 Å². The average Bonchev–Trinajstić information content (AvgIpc) is 3.13. The number of carbonyl (C=O) groups excluding carboxylic acids is 2. The Morgan fingerprint density at radius 3 is 2.32 bits per heavy atom. The van der Waals surface area contributed by atoms with Gasteiger partial charge in [-0.2, -0.15) is 0 Å². The van der Waals surface area contributed by atoms with Crippen LogP contribution in [-0.2, 0) is 9.59 Å². The number of amides is 2. The Labute approximate surface area is 226 Å². The standard InChI is InChI=1S/C28H31Cl2N3O4/c1-2-6-23(18-7-9-19(10-8-18)26(36)31-14-11-24(34)35)33-27(37)25(20-15-21(29)17-22(30)16-20)32-28(33)12-4-3-5-13-28/h7-10,15-17,23H,2-6,11-14H2,1H3,(H,31,36)(H,34,35). The van der Waals surface area contributed by atoms with E-state index in [-0.39, 0.29) is 30.8 Å². The molecule has 1 unspecified atom stereocenters. The first-order chi connectivity index (χ1) is 17.7. The van der Waals surface area contributed by atoms with Gasteiger partial charge in [0.05, 0.1) is 12.5 Å². The van der Waals surface area contributed by atoms with Gasteiger partial charge < -0.3 is 15.3 Å². The van der Waals surface area contributed by atoms with Gasteiger partial charge in [-0.3, -0.25) is 19.4 Å². The Balaban J connectivity index is 1.66. The fraction of sp³-hybridized carbons (Fsp3) is 0.429. The lowest BCUT2D eigenvalue weighted by molar-refractivity contribution is -0.137. The van der Waals surface area contributed by atoms with E-state index in [4.69, 9.17) is 33.3 Å². The number of aliphatic carboxylic acids is 1. The van der Waals surface area contributed by atoms with Crippen LogP contribution in [0.25, 0.3) is 0 Å². The largest absolute Gasteiger partial charge is 0.481 e. The van der Waals surface area contributed by atoms with Crippen LogP contribution in [0.3, 0.4) is 0 Å². The van der Waals surface area contributed by atoms with Crippen molar-refractivity contribution in [3.63, 3.8) is 0 Å². The molecule has 1 saturated carbocycles. The highest BCUT2D eigenvalue weighted by Gasteiger charge is 2.50. The number of carbonyl (C=O) groups is 3. The van der Waals surface area contributed by atoms with Crippen molar-refractivity contribution in [2.75, 3.05) is 6.54 Å². The van der Waals surface area contributed by atoms with Crippen LogP contribution in [0.4, 0.5) is 0 Å². The van der Waals surface area contributed by atoms with E-state index in [1.807, 2.05) is 17.0 Å². The number of benzene rings is 2. The molecule has 1 atom stereocenters. The maximum atomic E-state index is 14.0. The molecular formula is C28H31Cl2N3O4. The maximum absolute atomic E-state index is 14.0. The number of hydrogen-bond donors (Lipinski definition) is 2. The fourth-order valence-corrected chi connectivity index (χ4v) is 5.88. The van der Waals surface area contributed by atoms with E-state index in [0.717, 1.165) is 50.5 Å². The van der Waals surface area contributed by atoms with Crippen molar-refractivity contribution in [3.05, 3.63) is 69.2 Å². The van der Waals surface area contributed by atoms with E-state index in [1.165, 1.54) is 0 Å². The van der Waals surface area contributed by atoms with Gasteiger partial charge >= 0.3 is 5.97 Å². The molecule has 2 N–H and O–H groups in total. The van der Waals surface area contributed by atoms with E-state index >= 15 is 0 Å². The summed E-state index contributed by atoms with van der Waals surface area (Å²) in [6.07, 6.45) is 6.15. The molecule has 2 aromatic rings. The molecule has 1 fully saturated rings. The number of nitrogens with one attached hydrogen (secondary N) is 1. The van der Waals surface area contributed by atoms with Crippen LogP contribution >= 0.6 is 23.2 Å². The van der Waals surface area contributed by atoms with Crippen molar-refractivity contribution < 1.29 is 19.5 Å². The highest BCUT2D eigenvalue weighted by atomic mass is 35.5. The first-order valence-corrected chi connectivity index (χ1v) is 13.5. The normalized spacial score (nSPS) is 17.5. The highest BCUT2D eigenvalue weighted by molar-refractivity contribution is 6.47. The van der Waals surface area contributed by atoms with Gasteiger partial charge in [-0.25, -0.2) is 0 Å². The number of carboxylic acids is 1. The molecule has 1 spiro atoms. The van der Waals surface area contributed by atoms with Crippen LogP contribution < -0.4 is 5.32 Å². The second-order valence-corrected chi connectivity index (χ2v) is 10.5. The molecule has 1 aliphatic carbocycles. The van der Waals surface area contributed by atoms with Gasteiger partial charge in [0.2, 0.25) is 0 Å². The summed E-state index contributed by atoms with van der Waals surface area (Å²) in [4.78, 5) is 44.2. The maximum Gasteiger partial charge on any atom is 0.305 e. The predicted octanol–water partition coefficient (Wildman–Crippen LogP) is 6.03. The van der Waals surface area contributed by atoms with E-state index in [2.05, 4.69) is 12.2 Å². The minimum Gasteiger partial charge on any atom is -0.481 e. The molecule has 2 amide bonds. The van der Waals surface area contributed by atoms with E-state index in [9.17, 15) is 14.4 Å². The van der Waals surface area contributed by atoms with Gasteiger partial charge in [-0.05, 0) is 68.0 Å². The summed E-state index contributed by atoms with van der Waals surface area (Å²) < 4.78 is 0. The lowest BCUT2D eigenvalue weighted by Crippen LogP contribution is -2.50. The third-order valence-electron chi connectivity index (χ3n) is 7.04. The molecule has 196 valence electrons. The van der Waals surface area contributed by atoms with Crippen LogP contribution in [0.15, 0.2) is 47.5 Å². The van der Waals surface area contributed by atoms with Gasteiger partial charge in [0.1, 0.15) is 11.4 Å². The summed E-state index contributed by atoms with van der Waals surface area (Å²) in [6.45, 7) is 2.15. The van der Waals surface area contributed by atoms with E-state index < -0.39 is 11.6 Å². The summed E-state index contributed by atoms with van der Waals surface area (Å²) >= 11 is 12.5. The Morgan fingerprint density at radius 1 is 1.08 bits per heavy atom. The van der Waals surface area contributed by atoms with Crippen molar-refractivity contribution in [2.24, 2.45) is 4.99 Å². The zero-order valence-corrected chi connectivity index (χ0v) is 22.3. The lowest BCUT2D eigenvalue weighted by atomic mass is 9.86. The quantitative estimate of drug-likeness (QED) is 0.403. The molecule has 2 aliphatic rings. The minimum absolute atomic E-state index is 0.0623. The number of nitrogens with zero attached hydrogens (tertiary/aromatic N) is 2. The number of hydrogen-bond acceptors (Lipinski definition) is 4. The minimum atomic E-state index is -0.966. The number of carboxylic acid groups (broad SMARTS) is 1. The topological polar surface area (TPSA) is 99.1 Å². The molecule has 0 saturated heterocycles. The molecule has 0 radical (unpaired) electrons. The smallest absolute Gasteiger partial charge is 0.305 e. The van der Waals surface area contributed by atoms with Crippen LogP contribution in [0, 0.1) is 0 Å². The Morgan fingerprint density at radius 2 is 1.73 bits per heavy atom. The Bertz CT molecular complexity index is 1190. The van der Waals surface area contributed by atoms with Crippen molar-refractivity contribution in [1.82, 2.24) is 10.2 Å². The van der Waals surface area contributed by atoms with Crippen molar-refractivity contribution in [2.45, 2.75) is 70.0 Å². The van der Waals surface area contributed by atoms with Crippen molar-refractivity contribution >= 4 is 46.7 Å². The number of halogens is 2. The molecule has 0 bridgehead atoms. The molecule has 37 heavy (non-hydrogen) atoms. The SMILES string of the molecule is CCCC(c1ccc(C(=O)NCCC(=O)O)cc1)N1C(=O)C(c2cc(Cl)cc(Cl)c2)=NC12CCCCC2. The van der Waals surface area contributed by atoms with E-state index in [1.54, 1.807) is 30.3 Å². The summed E-state index contributed by atoms with van der Waals surface area (Å²) in [7, 11) is 0. The summed E-state index contributed by atoms with van der Waals surface area (Å²) in [5.74, 6) is -1.43. The summed E-state index contributed by atoms with van der Waals surface area (Å²) in [6, 6.07) is 12.1. The third-order valence-corrected chi connectivity index (χ3v) is 7.47. The van der Waals surface area contributed by atoms with Crippen molar-refractivity contribution in [3.8, 4) is 0 Å². The van der Waals surface area contributed by atoms with Gasteiger partial charge in [-0.1, -0.05) is 55.1 Å². The average molecular weight is 544 g/mol. The molecule has 1 aliphatic heterocycles. The van der Waals surface area contributed by atoms with Crippen LogP contribution in [0.1, 0.15) is 85.8 Å². The van der Waals surface area contributed by atoms with Crippen LogP contribution in [0.2, 0.25) is 10.0 Å². The van der Waals surface area contributed by atoms with Gasteiger partial charge in [-0.15, -0.1) is 0 Å². The first kappa shape index (κ1) is 27.1. The van der Waals surface area contributed by atoms with Gasteiger partial charge in [0.25, 0.3) is 11.8 Å². The lowest BCUT2D eigenvalue weighted by Gasteiger charge is -2.44. The molecule has 0 aromatic heterocycles. The second-order valence-electron chi connectivity index (χ2n) is 9.66. The summed E-state index contributed by atoms with van der Waals surface area (Å²) in [5.41, 5.74) is 1.77. The van der Waals surface area contributed by atoms with E-state index in [0.29, 0.717) is 26.9 Å². The third kappa shape index (κ3) is 5.99. The molecule has 4 rings (SSSR count). The van der Waals surface area contributed by atoms with Crippen LogP contribution in [0.5, 0.6) is 0 Å². The van der Waals surface area contributed by atoms with Crippen molar-refractivity contribution in [1.29, 1.82) is 0 Å². The summed E-state index contributed by atoms with van der Waals surface area (Å²) in [5, 5.41) is 12.3. The molecule has 9 heteroatoms. The predicted molar refractivity (Wildman–Crippen MR) is 144 cm³/mol. The second kappa shape index (κ2) is 11.7. The zero-order chi connectivity index (χ0) is 26.6. The Kier molecular flexibility index (Phi) is 8.55. The zero-order valence-electron chi connectivity index (χ0n) is 20.8. The Hall–Kier alpha value is -2.90. The molecular weight excluding hydrogens is 513 g/mol.